The van der Waals surface area contributed by atoms with Gasteiger partial charge in [-0.15, -0.1) is 0 Å². The molecule has 14 nitrogen and oxygen atoms in total. The van der Waals surface area contributed by atoms with Crippen molar-refractivity contribution < 1.29 is 66.7 Å². The zero-order valence-corrected chi connectivity index (χ0v) is 42.9. The highest BCUT2D eigenvalue weighted by molar-refractivity contribution is 6.52. The molecule has 8 aliphatic carbocycles. The van der Waals surface area contributed by atoms with E-state index >= 15 is 0 Å². The number of fused-ring (bicyclic) bond motifs is 5. The molecule has 8 saturated carbocycles. The second kappa shape index (κ2) is 16.1. The van der Waals surface area contributed by atoms with Crippen LogP contribution in [0.4, 0.5) is 0 Å². The molecule has 2 saturated heterocycles. The van der Waals surface area contributed by atoms with Crippen LogP contribution in [0.2, 0.25) is 11.6 Å². The van der Waals surface area contributed by atoms with Gasteiger partial charge in [0.25, 0.3) is 0 Å². The molecule has 17 heteroatoms. The molecule has 13 aliphatic rings. The summed E-state index contributed by atoms with van der Waals surface area (Å²) in [6, 6.07) is 16.3. The van der Waals surface area contributed by atoms with E-state index in [4.69, 9.17) is 47.3 Å². The third-order valence-corrected chi connectivity index (χ3v) is 19.0. The third-order valence-electron chi connectivity index (χ3n) is 19.0. The van der Waals surface area contributed by atoms with Crippen molar-refractivity contribution in [2.75, 3.05) is 0 Å². The van der Waals surface area contributed by atoms with Crippen molar-refractivity contribution in [2.45, 2.75) is 166 Å². The summed E-state index contributed by atoms with van der Waals surface area (Å²) in [5, 5.41) is 18.5. The van der Waals surface area contributed by atoms with Crippen molar-refractivity contribution in [3.05, 3.63) is 94.0 Å². The maximum atomic E-state index is 12.4. The fourth-order valence-electron chi connectivity index (χ4n) is 14.5. The molecule has 4 bridgehead atoms. The lowest BCUT2D eigenvalue weighted by Gasteiger charge is -2.64. The van der Waals surface area contributed by atoms with E-state index in [1.54, 1.807) is 45.9 Å². The van der Waals surface area contributed by atoms with E-state index in [0.717, 1.165) is 54.2 Å². The number of hydrogen-bond donors (Lipinski definition) is 2. The summed E-state index contributed by atoms with van der Waals surface area (Å²) in [7, 11) is -1.39. The van der Waals surface area contributed by atoms with Gasteiger partial charge in [-0.1, -0.05) is 76.1 Å². The van der Waals surface area contributed by atoms with E-state index in [1.807, 2.05) is 36.3 Å². The molecule has 10 unspecified atom stereocenters. The minimum atomic E-state index is -1.02. The Labute approximate surface area is 422 Å². The van der Waals surface area contributed by atoms with Gasteiger partial charge in [-0.3, -0.25) is 0 Å². The molecule has 0 aromatic heterocycles. The number of carbonyl (C=O) groups excluding carboxylic acids is 2. The number of rotatable bonds is 5. The Morgan fingerprint density at radius 2 is 1.14 bits per heavy atom. The summed E-state index contributed by atoms with van der Waals surface area (Å²) >= 11 is 0. The molecule has 0 radical (unpaired) electrons. The van der Waals surface area contributed by atoms with Gasteiger partial charge in [-0.05, 0) is 128 Å². The molecule has 5 aliphatic heterocycles. The lowest BCUT2D eigenvalue weighted by atomic mass is 9.43. The maximum Gasteiger partial charge on any atom is 0.526 e. The quantitative estimate of drug-likeness (QED) is 0.183. The number of aromatic carboxylic acids is 1. The monoisotopic (exact) mass is 982 g/mol. The predicted octanol–water partition coefficient (Wildman–Crippen LogP) is 9.93. The summed E-state index contributed by atoms with van der Waals surface area (Å²) in [4.78, 5) is 35.6. The predicted molar refractivity (Wildman–Crippen MR) is 267 cm³/mol. The first kappa shape index (κ1) is 48.2. The molecule has 3 aromatic carbocycles. The van der Waals surface area contributed by atoms with Crippen LogP contribution in [-0.4, -0.2) is 84.4 Å². The highest BCUT2D eigenvalue weighted by atomic mass is 16.7. The Balaban J connectivity index is 0.000000116. The number of esters is 2. The van der Waals surface area contributed by atoms with Crippen LogP contribution in [0, 0.1) is 34.5 Å². The third kappa shape index (κ3) is 7.59. The van der Waals surface area contributed by atoms with Crippen LogP contribution in [0.5, 0.6) is 17.2 Å². The summed E-state index contributed by atoms with van der Waals surface area (Å²) in [6.07, 6.45) is 8.84. The van der Waals surface area contributed by atoms with Crippen LogP contribution in [0.15, 0.2) is 60.6 Å². The number of carboxylic acids is 1. The number of carboxylic acid groups (broad SMARTS) is 1. The van der Waals surface area contributed by atoms with Gasteiger partial charge in [0.15, 0.2) is 0 Å². The smallest absolute Gasteiger partial charge is 0.526 e. The van der Waals surface area contributed by atoms with Gasteiger partial charge in [0.1, 0.15) is 28.4 Å². The fourth-order valence-corrected chi connectivity index (χ4v) is 14.5. The van der Waals surface area contributed by atoms with Crippen molar-refractivity contribution in [2.24, 2.45) is 34.5 Å². The summed E-state index contributed by atoms with van der Waals surface area (Å²) in [5.41, 5.74) is 4.19. The van der Waals surface area contributed by atoms with Crippen molar-refractivity contribution in [3.8, 4) is 17.2 Å². The zero-order chi connectivity index (χ0) is 50.8. The lowest BCUT2D eigenvalue weighted by Crippen LogP contribution is -2.65. The summed E-state index contributed by atoms with van der Waals surface area (Å²) in [6.45, 7) is 21.0. The first-order valence-corrected chi connectivity index (χ1v) is 26.0. The molecule has 16 rings (SSSR count). The van der Waals surface area contributed by atoms with Crippen molar-refractivity contribution in [1.29, 1.82) is 0 Å². The Morgan fingerprint density at radius 3 is 1.76 bits per heavy atom. The number of benzene rings is 3. The molecule has 0 spiro atoms. The van der Waals surface area contributed by atoms with Crippen LogP contribution >= 0.6 is 0 Å². The maximum absolute atomic E-state index is 12.4. The standard InChI is InChI=1S/C23H29BO5.C22H27BO5.C10H9BO4/c1-21(2)12-9-17(21)23(5)18(10-12)28-24(29-23)16-11-15(16)13-7-6-8-14-19(13)26-22(3,4)27-20(14)25;1-20(2)14-11-16(20)22(5)17(12-14)27-23(28-22)10-9-13-7-6-8-15-18(13)25-21(3,4)26-19(15)24;12-10(13)6-3-1-2-5-7-4-8(7)11(14)15-9(5)6/h6-8,12,15-18H,9-11H2,1-5H3;6-10,14,16-17H,11-12H2,1-5H3;1-3,7-8,14H,4H2,(H,12,13)/b;10-9-;/t12?,15?,16?,17?,18?,23-;14?,16?,17?,22-;/m00./s1. The Kier molecular flexibility index (Phi) is 10.8. The average Bonchev–Trinajstić information content (AvgIpc) is 4.22. The van der Waals surface area contributed by atoms with E-state index in [1.165, 1.54) is 18.9 Å². The van der Waals surface area contributed by atoms with Gasteiger partial charge >= 0.3 is 39.3 Å². The van der Waals surface area contributed by atoms with E-state index in [-0.39, 0.29) is 66.9 Å². The van der Waals surface area contributed by atoms with Crippen LogP contribution in [0.1, 0.15) is 167 Å². The molecule has 12 atom stereocenters. The molecule has 72 heavy (non-hydrogen) atoms. The molecular weight excluding hydrogens is 917 g/mol. The number of cyclic esters (lactones) is 2. The Bertz CT molecular complexity index is 2810. The fraction of sp³-hybridized carbons (Fsp3) is 0.582. The molecule has 0 amide bonds. The van der Waals surface area contributed by atoms with Crippen molar-refractivity contribution >= 4 is 45.3 Å². The van der Waals surface area contributed by atoms with Gasteiger partial charge in [0.2, 0.25) is 11.6 Å². The zero-order valence-electron chi connectivity index (χ0n) is 42.9. The number of carbonyl (C=O) groups is 3. The Morgan fingerprint density at radius 1 is 0.611 bits per heavy atom. The topological polar surface area (TPSA) is 175 Å². The molecule has 5 heterocycles. The molecular formula is C55H65B3O14. The average molecular weight is 983 g/mol. The number of ether oxygens (including phenoxy) is 4. The minimum absolute atomic E-state index is 0.136. The molecule has 10 fully saturated rings. The van der Waals surface area contributed by atoms with Gasteiger partial charge in [0, 0.05) is 44.9 Å². The van der Waals surface area contributed by atoms with Crippen LogP contribution < -0.4 is 14.1 Å². The van der Waals surface area contributed by atoms with Gasteiger partial charge in [-0.25, -0.2) is 14.4 Å². The van der Waals surface area contributed by atoms with E-state index < -0.39 is 24.7 Å². The van der Waals surface area contributed by atoms with Crippen LogP contribution in [0.3, 0.4) is 0 Å². The summed E-state index contributed by atoms with van der Waals surface area (Å²) in [5.74, 6) is 3.50. The van der Waals surface area contributed by atoms with E-state index in [9.17, 15) is 19.4 Å². The normalized spacial score (nSPS) is 37.1. The van der Waals surface area contributed by atoms with Crippen molar-refractivity contribution in [1.82, 2.24) is 0 Å². The molecule has 3 aromatic rings. The second-order valence-corrected chi connectivity index (χ2v) is 24.8. The minimum Gasteiger partial charge on any atom is -0.535 e. The first-order valence-electron chi connectivity index (χ1n) is 26.0. The lowest BCUT2D eigenvalue weighted by molar-refractivity contribution is -0.199. The highest BCUT2D eigenvalue weighted by Crippen LogP contribution is 2.69. The van der Waals surface area contributed by atoms with Gasteiger partial charge in [0.05, 0.1) is 29.0 Å². The number of para-hydroxylation sites is 3. The van der Waals surface area contributed by atoms with Crippen LogP contribution in [-0.2, 0) is 28.1 Å². The second-order valence-electron chi connectivity index (χ2n) is 24.8. The first-order chi connectivity index (χ1) is 33.9. The Hall–Kier alpha value is -4.80. The molecule has 378 valence electrons. The SMILES string of the molecule is CC1(C)OC(=O)c2cccc(/C=C\B3OC4CC5CC(C5(C)C)[C@]4(C)O3)c2O1.CC1(C)OC(=O)c2cccc(C3CC3B3OC4CC5CC(C5(C)C)[C@]4(C)O3)c2O1.O=C(O)c1cccc2c1OB(O)C1CC21. The van der Waals surface area contributed by atoms with Crippen molar-refractivity contribution in [3.63, 3.8) is 0 Å². The largest absolute Gasteiger partial charge is 0.535 e. The van der Waals surface area contributed by atoms with Crippen LogP contribution in [0.25, 0.3) is 6.08 Å². The van der Waals surface area contributed by atoms with E-state index in [2.05, 4.69) is 47.6 Å². The number of hydrogen-bond acceptors (Lipinski definition) is 13. The molecule has 2 N–H and O–H groups in total. The van der Waals surface area contributed by atoms with E-state index in [0.29, 0.717) is 62.8 Å². The highest BCUT2D eigenvalue weighted by Gasteiger charge is 2.71. The van der Waals surface area contributed by atoms with Gasteiger partial charge < -0.3 is 52.3 Å². The summed E-state index contributed by atoms with van der Waals surface area (Å²) < 4.78 is 53.8. The van der Waals surface area contributed by atoms with Gasteiger partial charge in [-0.2, -0.15) is 0 Å².